The van der Waals surface area contributed by atoms with E-state index in [2.05, 4.69) is 26.1 Å². The number of rotatable bonds is 7. The molecule has 0 radical (unpaired) electrons. The van der Waals surface area contributed by atoms with E-state index in [4.69, 9.17) is 4.74 Å². The molecular weight excluding hydrogens is 400 g/mol. The molecule has 1 amide bonds. The summed E-state index contributed by atoms with van der Waals surface area (Å²) in [4.78, 5) is 12.5. The fourth-order valence-corrected chi connectivity index (χ4v) is 4.98. The van der Waals surface area contributed by atoms with Crippen LogP contribution in [0.2, 0.25) is 0 Å². The molecule has 1 aliphatic heterocycles. The van der Waals surface area contributed by atoms with Crippen LogP contribution in [0.25, 0.3) is 0 Å². The van der Waals surface area contributed by atoms with Gasteiger partial charge in [-0.2, -0.15) is 4.31 Å². The molecule has 1 N–H and O–H groups in total. The molecule has 6 nitrogen and oxygen atoms in total. The van der Waals surface area contributed by atoms with Crippen molar-refractivity contribution in [2.75, 3.05) is 19.7 Å². The Morgan fingerprint density at radius 3 is 2.30 bits per heavy atom. The zero-order chi connectivity index (χ0) is 21.8. The van der Waals surface area contributed by atoms with Crippen LogP contribution in [0.1, 0.15) is 44.7 Å². The first-order valence-electron chi connectivity index (χ1n) is 10.3. The molecule has 0 aromatic heterocycles. The SMILES string of the molecule is CC(C)(C)c1ccccc1OCC(=O)NCc1ccc(S(=O)(=O)N2CCCC2)cc1. The van der Waals surface area contributed by atoms with Crippen molar-refractivity contribution in [3.63, 3.8) is 0 Å². The second-order valence-corrected chi connectivity index (χ2v) is 10.5. The minimum atomic E-state index is -3.42. The Kier molecular flexibility index (Phi) is 6.83. The van der Waals surface area contributed by atoms with Gasteiger partial charge in [-0.3, -0.25) is 4.79 Å². The van der Waals surface area contributed by atoms with E-state index in [0.717, 1.165) is 24.0 Å². The van der Waals surface area contributed by atoms with Crippen molar-refractivity contribution in [3.8, 4) is 5.75 Å². The second kappa shape index (κ2) is 9.18. The van der Waals surface area contributed by atoms with Crippen LogP contribution in [0, 0.1) is 0 Å². The lowest BCUT2D eigenvalue weighted by molar-refractivity contribution is -0.123. The number of hydrogen-bond acceptors (Lipinski definition) is 4. The lowest BCUT2D eigenvalue weighted by atomic mass is 9.86. The Bertz CT molecular complexity index is 973. The average Bonchev–Trinajstić information content (AvgIpc) is 3.26. The summed E-state index contributed by atoms with van der Waals surface area (Å²) in [5.74, 6) is 0.476. The summed E-state index contributed by atoms with van der Waals surface area (Å²) >= 11 is 0. The Labute approximate surface area is 179 Å². The second-order valence-electron chi connectivity index (χ2n) is 8.57. The highest BCUT2D eigenvalue weighted by atomic mass is 32.2. The fourth-order valence-electron chi connectivity index (χ4n) is 3.46. The van der Waals surface area contributed by atoms with Gasteiger partial charge in [0.1, 0.15) is 5.75 Å². The van der Waals surface area contributed by atoms with Gasteiger partial charge in [-0.25, -0.2) is 8.42 Å². The number of nitrogens with zero attached hydrogens (tertiary/aromatic N) is 1. The Balaban J connectivity index is 1.53. The number of carbonyl (C=O) groups excluding carboxylic acids is 1. The minimum absolute atomic E-state index is 0.0749. The third-order valence-corrected chi connectivity index (χ3v) is 7.08. The van der Waals surface area contributed by atoms with E-state index in [1.54, 1.807) is 24.3 Å². The highest BCUT2D eigenvalue weighted by Gasteiger charge is 2.26. The highest BCUT2D eigenvalue weighted by Crippen LogP contribution is 2.30. The number of sulfonamides is 1. The van der Waals surface area contributed by atoms with Crippen LogP contribution < -0.4 is 10.1 Å². The number of ether oxygens (including phenoxy) is 1. The van der Waals surface area contributed by atoms with Crippen LogP contribution in [0.5, 0.6) is 5.75 Å². The van der Waals surface area contributed by atoms with Gasteiger partial charge >= 0.3 is 0 Å². The van der Waals surface area contributed by atoms with Crippen molar-refractivity contribution >= 4 is 15.9 Å². The molecule has 7 heteroatoms. The molecule has 0 atom stereocenters. The molecule has 30 heavy (non-hydrogen) atoms. The summed E-state index contributed by atoms with van der Waals surface area (Å²) in [6.45, 7) is 7.70. The zero-order valence-electron chi connectivity index (χ0n) is 17.8. The molecular formula is C23H30N2O4S. The van der Waals surface area contributed by atoms with Crippen LogP contribution in [-0.4, -0.2) is 38.3 Å². The van der Waals surface area contributed by atoms with Gasteiger partial charge in [0.25, 0.3) is 5.91 Å². The van der Waals surface area contributed by atoms with Crippen LogP contribution in [0.4, 0.5) is 0 Å². The summed E-state index contributed by atoms with van der Waals surface area (Å²) in [6.07, 6.45) is 1.82. The van der Waals surface area contributed by atoms with Gasteiger partial charge in [0.2, 0.25) is 10.0 Å². The van der Waals surface area contributed by atoms with Gasteiger partial charge in [-0.05, 0) is 47.6 Å². The van der Waals surface area contributed by atoms with E-state index < -0.39 is 10.0 Å². The van der Waals surface area contributed by atoms with Crippen LogP contribution in [0.15, 0.2) is 53.4 Å². The standard InChI is InChI=1S/C23H30N2O4S/c1-23(2,3)20-8-4-5-9-21(20)29-17-22(26)24-16-18-10-12-19(13-11-18)30(27,28)25-14-6-7-15-25/h4-5,8-13H,6-7,14-17H2,1-3H3,(H,24,26). The molecule has 2 aromatic carbocycles. The lowest BCUT2D eigenvalue weighted by Crippen LogP contribution is -2.29. The minimum Gasteiger partial charge on any atom is -0.483 e. The molecule has 1 heterocycles. The quantitative estimate of drug-likeness (QED) is 0.730. The molecule has 162 valence electrons. The average molecular weight is 431 g/mol. The highest BCUT2D eigenvalue weighted by molar-refractivity contribution is 7.89. The summed E-state index contributed by atoms with van der Waals surface area (Å²) < 4.78 is 32.4. The largest absolute Gasteiger partial charge is 0.483 e. The van der Waals surface area contributed by atoms with Crippen molar-refractivity contribution < 1.29 is 17.9 Å². The monoisotopic (exact) mass is 430 g/mol. The Morgan fingerprint density at radius 2 is 1.67 bits per heavy atom. The first-order valence-corrected chi connectivity index (χ1v) is 11.7. The Hall–Kier alpha value is -2.38. The topological polar surface area (TPSA) is 75.7 Å². The lowest BCUT2D eigenvalue weighted by Gasteiger charge is -2.22. The van der Waals surface area contributed by atoms with Crippen molar-refractivity contribution in [3.05, 3.63) is 59.7 Å². The molecule has 0 unspecified atom stereocenters. The van der Waals surface area contributed by atoms with E-state index in [-0.39, 0.29) is 17.9 Å². The third kappa shape index (κ3) is 5.40. The molecule has 0 spiro atoms. The van der Waals surface area contributed by atoms with Gasteiger partial charge < -0.3 is 10.1 Å². The van der Waals surface area contributed by atoms with Crippen LogP contribution in [-0.2, 0) is 26.8 Å². The van der Waals surface area contributed by atoms with Crippen LogP contribution >= 0.6 is 0 Å². The molecule has 1 saturated heterocycles. The number of amides is 1. The predicted molar refractivity (Wildman–Crippen MR) is 117 cm³/mol. The predicted octanol–water partition coefficient (Wildman–Crippen LogP) is 3.46. The third-order valence-electron chi connectivity index (χ3n) is 5.17. The van der Waals surface area contributed by atoms with E-state index in [9.17, 15) is 13.2 Å². The molecule has 0 bridgehead atoms. The van der Waals surface area contributed by atoms with E-state index in [1.807, 2.05) is 24.3 Å². The number of hydrogen-bond donors (Lipinski definition) is 1. The van der Waals surface area contributed by atoms with Gasteiger partial charge in [0.15, 0.2) is 6.61 Å². The van der Waals surface area contributed by atoms with E-state index in [0.29, 0.717) is 30.3 Å². The number of nitrogens with one attached hydrogen (secondary N) is 1. The van der Waals surface area contributed by atoms with E-state index in [1.165, 1.54) is 4.31 Å². The molecule has 1 aliphatic rings. The smallest absolute Gasteiger partial charge is 0.258 e. The maximum atomic E-state index is 12.6. The van der Waals surface area contributed by atoms with Gasteiger partial charge in [0, 0.05) is 19.6 Å². The molecule has 1 fully saturated rings. The van der Waals surface area contributed by atoms with Crippen molar-refractivity contribution in [2.24, 2.45) is 0 Å². The fraction of sp³-hybridized carbons (Fsp3) is 0.435. The van der Waals surface area contributed by atoms with Crippen molar-refractivity contribution in [2.45, 2.75) is 50.5 Å². The molecule has 0 saturated carbocycles. The molecule has 3 rings (SSSR count). The zero-order valence-corrected chi connectivity index (χ0v) is 18.7. The Morgan fingerprint density at radius 1 is 1.03 bits per heavy atom. The van der Waals surface area contributed by atoms with Crippen molar-refractivity contribution in [1.29, 1.82) is 0 Å². The summed E-state index contributed by atoms with van der Waals surface area (Å²) in [5.41, 5.74) is 1.80. The van der Waals surface area contributed by atoms with E-state index >= 15 is 0 Å². The normalized spacial score (nSPS) is 15.2. The summed E-state index contributed by atoms with van der Waals surface area (Å²) in [5, 5.41) is 2.82. The van der Waals surface area contributed by atoms with Gasteiger partial charge in [-0.15, -0.1) is 0 Å². The number of benzene rings is 2. The first-order chi connectivity index (χ1) is 14.2. The number of carbonyl (C=O) groups is 1. The molecule has 2 aromatic rings. The number of para-hydroxylation sites is 1. The maximum absolute atomic E-state index is 12.6. The van der Waals surface area contributed by atoms with Gasteiger partial charge in [0.05, 0.1) is 4.90 Å². The first kappa shape index (κ1) is 22.3. The maximum Gasteiger partial charge on any atom is 0.258 e. The van der Waals surface area contributed by atoms with Crippen molar-refractivity contribution in [1.82, 2.24) is 9.62 Å². The summed E-state index contributed by atoms with van der Waals surface area (Å²) in [7, 11) is -3.42. The van der Waals surface area contributed by atoms with Gasteiger partial charge in [-0.1, -0.05) is 51.1 Å². The van der Waals surface area contributed by atoms with Crippen LogP contribution in [0.3, 0.4) is 0 Å². The molecule has 0 aliphatic carbocycles. The summed E-state index contributed by atoms with van der Waals surface area (Å²) in [6, 6.07) is 14.4.